The summed E-state index contributed by atoms with van der Waals surface area (Å²) in [6.45, 7) is 0. The van der Waals surface area contributed by atoms with Crippen molar-refractivity contribution in [2.45, 2.75) is 46.0 Å². The van der Waals surface area contributed by atoms with E-state index in [2.05, 4.69) is 0 Å². The highest BCUT2D eigenvalue weighted by molar-refractivity contribution is 8.09. The van der Waals surface area contributed by atoms with E-state index in [1.54, 1.807) is 36.4 Å². The zero-order chi connectivity index (χ0) is 23.5. The van der Waals surface area contributed by atoms with Gasteiger partial charge in [-0.2, -0.15) is 0 Å². The molecule has 2 atom stereocenters. The van der Waals surface area contributed by atoms with Crippen molar-refractivity contribution in [1.82, 2.24) is 0 Å². The summed E-state index contributed by atoms with van der Waals surface area (Å²) in [5.41, 5.74) is 1.09. The highest BCUT2D eigenvalue weighted by Gasteiger charge is 2.43. The fourth-order valence-corrected chi connectivity index (χ4v) is 9.20. The van der Waals surface area contributed by atoms with Crippen LogP contribution in [-0.4, -0.2) is 27.2 Å². The number of carbonyl (C=O) groups is 1. The van der Waals surface area contributed by atoms with Gasteiger partial charge in [-0.15, -0.1) is 0 Å². The summed E-state index contributed by atoms with van der Waals surface area (Å²) in [4.78, 5) is 12.7. The van der Waals surface area contributed by atoms with Crippen molar-refractivity contribution in [3.8, 4) is 0 Å². The van der Waals surface area contributed by atoms with Gasteiger partial charge in [-0.05, 0) is 55.0 Å². The fraction of sp³-hybridized carbons (Fsp3) is 0.269. The molecule has 0 radical (unpaired) electrons. The van der Waals surface area contributed by atoms with Gasteiger partial charge in [0.1, 0.15) is 5.78 Å². The second kappa shape index (κ2) is 9.61. The Kier molecular flexibility index (Phi) is 6.81. The number of carbonyl (C=O) groups excluding carboxylic acids is 1. The lowest BCUT2D eigenvalue weighted by Gasteiger charge is -2.30. The largest absolute Gasteiger partial charge is 0.299 e. The second-order valence-corrected chi connectivity index (χ2v) is 13.0. The average molecular weight is 483 g/mol. The molecule has 0 aromatic heterocycles. The molecule has 0 saturated heterocycles. The van der Waals surface area contributed by atoms with Crippen LogP contribution in [0.2, 0.25) is 0 Å². The third kappa shape index (κ3) is 4.94. The molecule has 7 heteroatoms. The number of rotatable bonds is 7. The van der Waals surface area contributed by atoms with Gasteiger partial charge in [0.05, 0.1) is 9.79 Å². The molecule has 0 aliphatic heterocycles. The molecule has 1 fully saturated rings. The number of benzene rings is 3. The summed E-state index contributed by atoms with van der Waals surface area (Å²) in [5, 5.41) is 0. The third-order valence-electron chi connectivity index (χ3n) is 6.35. The summed E-state index contributed by atoms with van der Waals surface area (Å²) in [5.74, 6) is -0.627. The summed E-state index contributed by atoms with van der Waals surface area (Å²) in [6, 6.07) is 25.0. The van der Waals surface area contributed by atoms with E-state index in [0.29, 0.717) is 19.3 Å². The lowest BCUT2D eigenvalue weighted by atomic mass is 9.76. The molecule has 1 aliphatic rings. The van der Waals surface area contributed by atoms with Gasteiger partial charge in [-0.25, -0.2) is 16.8 Å². The highest BCUT2D eigenvalue weighted by atomic mass is 32.3. The number of hydrogen-bond donors (Lipinski definition) is 0. The van der Waals surface area contributed by atoms with Crippen LogP contribution in [-0.2, 0) is 24.5 Å². The number of ketones is 1. The summed E-state index contributed by atoms with van der Waals surface area (Å²) < 4.78 is 52.6. The first kappa shape index (κ1) is 23.4. The summed E-state index contributed by atoms with van der Waals surface area (Å²) in [6.07, 6.45) is 1.18. The molecule has 1 aliphatic carbocycles. The standard InChI is InChI=1S/C26H26O5S2/c27-25-17-16-21(20-10-4-1-5-11-20)18-22(25)19-26(32(28,29)23-12-6-2-7-13-23)33(30,31)24-14-8-3-9-15-24/h1-15,21-22,26H,16-19H2/t21-,22-/m0/s1. The Balaban J connectivity index is 1.73. The maximum absolute atomic E-state index is 13.6. The fourth-order valence-electron chi connectivity index (χ4n) is 4.55. The van der Waals surface area contributed by atoms with Crippen LogP contribution in [0.15, 0.2) is 101 Å². The zero-order valence-corrected chi connectivity index (χ0v) is 19.7. The molecular weight excluding hydrogens is 456 g/mol. The van der Waals surface area contributed by atoms with E-state index in [9.17, 15) is 21.6 Å². The minimum absolute atomic E-state index is 0.0580. The molecule has 33 heavy (non-hydrogen) atoms. The second-order valence-electron chi connectivity index (χ2n) is 8.43. The van der Waals surface area contributed by atoms with Gasteiger partial charge in [-0.1, -0.05) is 66.7 Å². The topological polar surface area (TPSA) is 85.3 Å². The summed E-state index contributed by atoms with van der Waals surface area (Å²) >= 11 is 0. The SMILES string of the molecule is O=C1CC[C@H](c2ccccc2)C[C@H]1CC(S(=O)(=O)c1ccccc1)S(=O)(=O)c1ccccc1. The molecule has 0 heterocycles. The van der Waals surface area contributed by atoms with Gasteiger partial charge in [0.2, 0.25) is 0 Å². The predicted octanol–water partition coefficient (Wildman–Crippen LogP) is 4.80. The minimum atomic E-state index is -4.25. The normalized spacial score (nSPS) is 19.5. The van der Waals surface area contributed by atoms with Crippen molar-refractivity contribution in [3.63, 3.8) is 0 Å². The Morgan fingerprint density at radius 3 is 1.64 bits per heavy atom. The smallest absolute Gasteiger partial charge is 0.195 e. The molecule has 3 aromatic carbocycles. The van der Waals surface area contributed by atoms with Gasteiger partial charge in [0.15, 0.2) is 24.3 Å². The molecule has 0 spiro atoms. The molecule has 5 nitrogen and oxygen atoms in total. The van der Waals surface area contributed by atoms with Crippen molar-refractivity contribution in [3.05, 3.63) is 96.6 Å². The molecule has 0 amide bonds. The number of sulfone groups is 2. The first-order valence-corrected chi connectivity index (χ1v) is 14.0. The molecule has 172 valence electrons. The predicted molar refractivity (Wildman–Crippen MR) is 127 cm³/mol. The maximum atomic E-state index is 13.6. The molecule has 0 N–H and O–H groups in total. The van der Waals surface area contributed by atoms with E-state index in [-0.39, 0.29) is 27.9 Å². The first-order valence-electron chi connectivity index (χ1n) is 11.0. The van der Waals surface area contributed by atoms with Crippen LogP contribution in [0.25, 0.3) is 0 Å². The van der Waals surface area contributed by atoms with Gasteiger partial charge >= 0.3 is 0 Å². The van der Waals surface area contributed by atoms with Crippen molar-refractivity contribution in [1.29, 1.82) is 0 Å². The average Bonchev–Trinajstić information content (AvgIpc) is 2.85. The van der Waals surface area contributed by atoms with Crippen molar-refractivity contribution in [2.24, 2.45) is 5.92 Å². The van der Waals surface area contributed by atoms with E-state index < -0.39 is 30.2 Å². The number of Topliss-reactive ketones (excluding diaryl/α,β-unsaturated/α-hetero) is 1. The van der Waals surface area contributed by atoms with Crippen LogP contribution in [0.4, 0.5) is 0 Å². The molecular formula is C26H26O5S2. The Morgan fingerprint density at radius 1 is 0.697 bits per heavy atom. The molecule has 0 unspecified atom stereocenters. The van der Waals surface area contributed by atoms with Crippen molar-refractivity contribution < 1.29 is 21.6 Å². The van der Waals surface area contributed by atoms with Crippen molar-refractivity contribution >= 4 is 25.5 Å². The van der Waals surface area contributed by atoms with E-state index in [1.165, 1.54) is 24.3 Å². The van der Waals surface area contributed by atoms with Crippen molar-refractivity contribution in [2.75, 3.05) is 0 Å². The van der Waals surface area contributed by atoms with Crippen LogP contribution in [0.1, 0.15) is 37.2 Å². The van der Waals surface area contributed by atoms with Gasteiger partial charge < -0.3 is 0 Å². The van der Waals surface area contributed by atoms with Crippen LogP contribution < -0.4 is 0 Å². The number of hydrogen-bond acceptors (Lipinski definition) is 5. The van der Waals surface area contributed by atoms with Gasteiger partial charge in [0, 0.05) is 12.3 Å². The Hall–Kier alpha value is -2.77. The Labute approximate surface area is 195 Å². The molecule has 0 bridgehead atoms. The van der Waals surface area contributed by atoms with E-state index >= 15 is 0 Å². The van der Waals surface area contributed by atoms with Gasteiger partial charge in [-0.3, -0.25) is 4.79 Å². The quantitative estimate of drug-likeness (QED) is 0.483. The Bertz CT molecular complexity index is 1230. The molecule has 4 rings (SSSR count). The molecule has 1 saturated carbocycles. The lowest BCUT2D eigenvalue weighted by molar-refractivity contribution is -0.125. The van der Waals surface area contributed by atoms with Crippen LogP contribution in [0.5, 0.6) is 0 Å². The monoisotopic (exact) mass is 482 g/mol. The third-order valence-corrected chi connectivity index (χ3v) is 11.5. The first-order chi connectivity index (χ1) is 15.8. The highest BCUT2D eigenvalue weighted by Crippen LogP contribution is 2.39. The van der Waals surface area contributed by atoms with E-state index in [0.717, 1.165) is 5.56 Å². The molecule has 3 aromatic rings. The van der Waals surface area contributed by atoms with E-state index in [1.807, 2.05) is 30.3 Å². The van der Waals surface area contributed by atoms with Gasteiger partial charge in [0.25, 0.3) is 0 Å². The van der Waals surface area contributed by atoms with Crippen LogP contribution >= 0.6 is 0 Å². The lowest BCUT2D eigenvalue weighted by Crippen LogP contribution is -2.36. The minimum Gasteiger partial charge on any atom is -0.299 e. The Morgan fingerprint density at radius 2 is 1.15 bits per heavy atom. The summed E-state index contributed by atoms with van der Waals surface area (Å²) in [7, 11) is -8.50. The zero-order valence-electron chi connectivity index (χ0n) is 18.1. The maximum Gasteiger partial charge on any atom is 0.195 e. The van der Waals surface area contributed by atoms with Crippen LogP contribution in [0, 0.1) is 5.92 Å². The van der Waals surface area contributed by atoms with E-state index in [4.69, 9.17) is 0 Å². The van der Waals surface area contributed by atoms with Crippen LogP contribution in [0.3, 0.4) is 0 Å².